The Morgan fingerprint density at radius 1 is 1.00 bits per heavy atom. The van der Waals surface area contributed by atoms with Crippen LogP contribution in [0.4, 0.5) is 17.6 Å². The minimum atomic E-state index is -4.74. The van der Waals surface area contributed by atoms with Crippen LogP contribution in [0.3, 0.4) is 0 Å². The number of halogens is 4. The van der Waals surface area contributed by atoms with E-state index in [9.17, 15) is 17.6 Å². The normalized spacial score (nSPS) is 30.9. The number of hydrogen-bond acceptors (Lipinski definition) is 3. The molecule has 0 aromatic rings. The molecule has 60 valence electrons. The van der Waals surface area contributed by atoms with Crippen LogP contribution in [0.25, 0.3) is 0 Å². The van der Waals surface area contributed by atoms with Crippen LogP contribution in [-0.4, -0.2) is 23.8 Å². The van der Waals surface area contributed by atoms with E-state index in [2.05, 4.69) is 9.47 Å². The highest BCUT2D eigenvalue weighted by Gasteiger charge is 2.67. The molecule has 1 heterocycles. The van der Waals surface area contributed by atoms with Gasteiger partial charge < -0.3 is 5.11 Å². The quantitative estimate of drug-likeness (QED) is 0.527. The number of hydrogen-bond donors (Lipinski definition) is 1. The van der Waals surface area contributed by atoms with Gasteiger partial charge in [-0.15, -0.1) is 0 Å². The van der Waals surface area contributed by atoms with E-state index >= 15 is 0 Å². The van der Waals surface area contributed by atoms with Crippen molar-refractivity contribution in [3.05, 3.63) is 0 Å². The molecule has 0 bridgehead atoms. The van der Waals surface area contributed by atoms with E-state index < -0.39 is 18.7 Å². The summed E-state index contributed by atoms with van der Waals surface area (Å²) in [6, 6.07) is 0. The summed E-state index contributed by atoms with van der Waals surface area (Å²) in [6.07, 6.45) is -9.49. The van der Waals surface area contributed by atoms with Gasteiger partial charge in [-0.3, -0.25) is 9.47 Å². The first-order valence-electron chi connectivity index (χ1n) is 2.14. The predicted octanol–water partition coefficient (Wildman–Crippen LogP) is 0.495. The Kier molecular flexibility index (Phi) is 1.39. The maximum absolute atomic E-state index is 11.7. The zero-order valence-corrected chi connectivity index (χ0v) is 4.35. The first kappa shape index (κ1) is 7.70. The van der Waals surface area contributed by atoms with Gasteiger partial charge in [0, 0.05) is 0 Å². The van der Waals surface area contributed by atoms with Crippen LogP contribution in [0.5, 0.6) is 0 Å². The molecule has 1 fully saturated rings. The predicted molar refractivity (Wildman–Crippen MR) is 18.1 cm³/mol. The van der Waals surface area contributed by atoms with Gasteiger partial charge in [-0.25, -0.2) is 0 Å². The van der Waals surface area contributed by atoms with Gasteiger partial charge in [0.1, 0.15) is 0 Å². The SMILES string of the molecule is OC1OC(F)(F)C(F)(F)O1. The van der Waals surface area contributed by atoms with Crippen LogP contribution >= 0.6 is 0 Å². The number of rotatable bonds is 0. The van der Waals surface area contributed by atoms with Gasteiger partial charge in [0.25, 0.3) is 6.48 Å². The van der Waals surface area contributed by atoms with Crippen molar-refractivity contribution in [3.63, 3.8) is 0 Å². The number of alkyl halides is 4. The molecule has 0 radical (unpaired) electrons. The fraction of sp³-hybridized carbons (Fsp3) is 1.00. The summed E-state index contributed by atoms with van der Waals surface area (Å²) >= 11 is 0. The molecular formula is C3H2F4O3. The number of ether oxygens (including phenoxy) is 2. The summed E-state index contributed by atoms with van der Waals surface area (Å²) in [5.41, 5.74) is 0. The van der Waals surface area contributed by atoms with Gasteiger partial charge in [-0.05, 0) is 0 Å². The molecule has 1 rings (SSSR count). The molecule has 0 aliphatic carbocycles. The van der Waals surface area contributed by atoms with Crippen LogP contribution in [0.2, 0.25) is 0 Å². The van der Waals surface area contributed by atoms with Crippen LogP contribution in [-0.2, 0) is 9.47 Å². The second-order valence-electron chi connectivity index (χ2n) is 1.58. The monoisotopic (exact) mass is 162 g/mol. The van der Waals surface area contributed by atoms with Gasteiger partial charge >= 0.3 is 12.2 Å². The first-order chi connectivity index (χ1) is 4.35. The fourth-order valence-electron chi connectivity index (χ4n) is 0.414. The first-order valence-corrected chi connectivity index (χ1v) is 2.14. The van der Waals surface area contributed by atoms with Crippen LogP contribution < -0.4 is 0 Å². The summed E-state index contributed by atoms with van der Waals surface area (Å²) in [5.74, 6) is 0. The van der Waals surface area contributed by atoms with Gasteiger partial charge in [0.05, 0.1) is 0 Å². The van der Waals surface area contributed by atoms with E-state index in [4.69, 9.17) is 5.11 Å². The highest BCUT2D eigenvalue weighted by atomic mass is 19.3. The van der Waals surface area contributed by atoms with E-state index in [1.165, 1.54) is 0 Å². The highest BCUT2D eigenvalue weighted by molar-refractivity contribution is 4.70. The van der Waals surface area contributed by atoms with Gasteiger partial charge in [-0.1, -0.05) is 0 Å². The number of aliphatic hydroxyl groups excluding tert-OH is 1. The number of aliphatic hydroxyl groups is 1. The lowest BCUT2D eigenvalue weighted by molar-refractivity contribution is -0.344. The van der Waals surface area contributed by atoms with Crippen molar-refractivity contribution in [2.45, 2.75) is 18.7 Å². The van der Waals surface area contributed by atoms with Crippen molar-refractivity contribution in [2.24, 2.45) is 0 Å². The molecule has 1 aliphatic rings. The van der Waals surface area contributed by atoms with Crippen LogP contribution in [0, 0.1) is 0 Å². The maximum Gasteiger partial charge on any atom is 0.452 e. The van der Waals surface area contributed by atoms with Crippen molar-refractivity contribution in [2.75, 3.05) is 0 Å². The lowest BCUT2D eigenvalue weighted by Crippen LogP contribution is -2.36. The smallest absolute Gasteiger partial charge is 0.346 e. The Morgan fingerprint density at radius 2 is 1.30 bits per heavy atom. The standard InChI is InChI=1S/C3H2F4O3/c4-2(5)3(6,7)10-1(8)9-2/h1,8H. The summed E-state index contributed by atoms with van der Waals surface area (Å²) < 4.78 is 52.9. The zero-order valence-electron chi connectivity index (χ0n) is 4.35. The van der Waals surface area contributed by atoms with Gasteiger partial charge in [-0.2, -0.15) is 17.6 Å². The van der Waals surface area contributed by atoms with Gasteiger partial charge in [0.2, 0.25) is 0 Å². The van der Waals surface area contributed by atoms with Crippen molar-refractivity contribution in [1.82, 2.24) is 0 Å². The Balaban J connectivity index is 2.78. The molecule has 0 amide bonds. The summed E-state index contributed by atoms with van der Waals surface area (Å²) in [6.45, 7) is -2.56. The van der Waals surface area contributed by atoms with E-state index in [0.717, 1.165) is 0 Å². The fourth-order valence-corrected chi connectivity index (χ4v) is 0.414. The molecule has 1 saturated heterocycles. The molecule has 0 spiro atoms. The molecule has 7 heteroatoms. The molecule has 1 aliphatic heterocycles. The second-order valence-corrected chi connectivity index (χ2v) is 1.58. The largest absolute Gasteiger partial charge is 0.452 e. The summed E-state index contributed by atoms with van der Waals surface area (Å²) in [5, 5.41) is 8.00. The Morgan fingerprint density at radius 3 is 1.40 bits per heavy atom. The lowest BCUT2D eigenvalue weighted by atomic mass is 10.6. The minimum Gasteiger partial charge on any atom is -0.346 e. The van der Waals surface area contributed by atoms with E-state index in [-0.39, 0.29) is 0 Å². The van der Waals surface area contributed by atoms with E-state index in [1.54, 1.807) is 0 Å². The van der Waals surface area contributed by atoms with Crippen LogP contribution in [0.15, 0.2) is 0 Å². The molecule has 0 unspecified atom stereocenters. The molecule has 0 aromatic carbocycles. The van der Waals surface area contributed by atoms with Crippen molar-refractivity contribution in [1.29, 1.82) is 0 Å². The third-order valence-corrected chi connectivity index (χ3v) is 0.836. The molecule has 0 aromatic heterocycles. The Bertz CT molecular complexity index is 131. The van der Waals surface area contributed by atoms with Crippen molar-refractivity contribution in [3.8, 4) is 0 Å². The average molecular weight is 162 g/mol. The second kappa shape index (κ2) is 1.80. The molecule has 0 saturated carbocycles. The maximum atomic E-state index is 11.7. The topological polar surface area (TPSA) is 38.7 Å². The minimum absolute atomic E-state index is 2.56. The average Bonchev–Trinajstić information content (AvgIpc) is 1.73. The molecule has 1 N–H and O–H groups in total. The third kappa shape index (κ3) is 0.957. The molecule has 3 nitrogen and oxygen atoms in total. The molecule has 10 heavy (non-hydrogen) atoms. The molecular weight excluding hydrogens is 160 g/mol. The zero-order chi connectivity index (χ0) is 7.99. The van der Waals surface area contributed by atoms with Crippen molar-refractivity contribution < 1.29 is 32.1 Å². The van der Waals surface area contributed by atoms with Crippen molar-refractivity contribution >= 4 is 0 Å². The van der Waals surface area contributed by atoms with Crippen LogP contribution in [0.1, 0.15) is 0 Å². The summed E-state index contributed by atoms with van der Waals surface area (Å²) in [7, 11) is 0. The third-order valence-electron chi connectivity index (χ3n) is 0.836. The van der Waals surface area contributed by atoms with E-state index in [0.29, 0.717) is 0 Å². The van der Waals surface area contributed by atoms with E-state index in [1.807, 2.05) is 0 Å². The van der Waals surface area contributed by atoms with Gasteiger partial charge in [0.15, 0.2) is 0 Å². The highest BCUT2D eigenvalue weighted by Crippen LogP contribution is 2.42. The lowest BCUT2D eigenvalue weighted by Gasteiger charge is -2.11. The Hall–Kier alpha value is -0.400. The summed E-state index contributed by atoms with van der Waals surface area (Å²) in [4.78, 5) is 0. The Labute approximate surface area is 52.1 Å². The molecule has 0 atom stereocenters.